The standard InChI is InChI=1S/C14H19Cl2N3O2/c15-10-5-11(16)13(18-7-10)12(19-17)9-1-3-21-14(6-9)2-4-20-8-14/h5,7,9,12,19H,1-4,6,8,17H2. The summed E-state index contributed by atoms with van der Waals surface area (Å²) in [6.07, 6.45) is 4.34. The van der Waals surface area contributed by atoms with Crippen LogP contribution in [0.25, 0.3) is 0 Å². The highest BCUT2D eigenvalue weighted by Crippen LogP contribution is 2.41. The minimum atomic E-state index is -0.170. The van der Waals surface area contributed by atoms with Crippen LogP contribution in [0.1, 0.15) is 31.0 Å². The fraction of sp³-hybridized carbons (Fsp3) is 0.643. The first-order valence-electron chi connectivity index (χ1n) is 7.12. The molecular weight excluding hydrogens is 313 g/mol. The topological polar surface area (TPSA) is 69.4 Å². The van der Waals surface area contributed by atoms with Crippen molar-refractivity contribution >= 4 is 23.2 Å². The molecule has 2 fully saturated rings. The molecule has 21 heavy (non-hydrogen) atoms. The van der Waals surface area contributed by atoms with E-state index in [1.807, 2.05) is 0 Å². The molecule has 1 spiro atoms. The second kappa shape index (κ2) is 6.36. The molecule has 1 aromatic rings. The third-order valence-electron chi connectivity index (χ3n) is 4.38. The van der Waals surface area contributed by atoms with E-state index in [2.05, 4.69) is 10.4 Å². The minimum Gasteiger partial charge on any atom is -0.378 e. The first kappa shape index (κ1) is 15.5. The molecule has 0 radical (unpaired) electrons. The smallest absolute Gasteiger partial charge is 0.0940 e. The van der Waals surface area contributed by atoms with Gasteiger partial charge in [0, 0.05) is 25.8 Å². The number of nitrogens with zero attached hydrogens (tertiary/aromatic N) is 1. The summed E-state index contributed by atoms with van der Waals surface area (Å²) in [7, 11) is 0. The molecule has 0 amide bonds. The normalized spacial score (nSPS) is 30.7. The van der Waals surface area contributed by atoms with Gasteiger partial charge in [-0.1, -0.05) is 23.2 Å². The van der Waals surface area contributed by atoms with Gasteiger partial charge in [0.05, 0.1) is 34.0 Å². The molecule has 116 valence electrons. The first-order valence-corrected chi connectivity index (χ1v) is 7.88. The van der Waals surface area contributed by atoms with E-state index in [0.717, 1.165) is 31.6 Å². The monoisotopic (exact) mass is 331 g/mol. The van der Waals surface area contributed by atoms with E-state index in [-0.39, 0.29) is 11.6 Å². The molecule has 0 bridgehead atoms. The molecular formula is C14H19Cl2N3O2. The Hall–Kier alpha value is -0.430. The molecule has 3 unspecified atom stereocenters. The number of hydrogen-bond donors (Lipinski definition) is 2. The van der Waals surface area contributed by atoms with Crippen LogP contribution in [0, 0.1) is 5.92 Å². The van der Waals surface area contributed by atoms with Gasteiger partial charge in [0.2, 0.25) is 0 Å². The van der Waals surface area contributed by atoms with Crippen molar-refractivity contribution in [2.24, 2.45) is 11.8 Å². The Kier molecular flexibility index (Phi) is 4.69. The summed E-state index contributed by atoms with van der Waals surface area (Å²) in [5, 5.41) is 1.06. The van der Waals surface area contributed by atoms with Crippen LogP contribution < -0.4 is 11.3 Å². The lowest BCUT2D eigenvalue weighted by Crippen LogP contribution is -2.45. The SMILES string of the molecule is NNC(c1ncc(Cl)cc1Cl)C1CCOC2(CCOC2)C1. The summed E-state index contributed by atoms with van der Waals surface area (Å²) in [5.41, 5.74) is 3.44. The molecule has 3 atom stereocenters. The summed E-state index contributed by atoms with van der Waals surface area (Å²) in [6.45, 7) is 2.12. The van der Waals surface area contributed by atoms with E-state index in [0.29, 0.717) is 29.2 Å². The maximum absolute atomic E-state index is 6.27. The number of hydrogen-bond acceptors (Lipinski definition) is 5. The van der Waals surface area contributed by atoms with Crippen LogP contribution >= 0.6 is 23.2 Å². The molecule has 2 aliphatic heterocycles. The Bertz CT molecular complexity index is 509. The van der Waals surface area contributed by atoms with Crippen molar-refractivity contribution in [2.75, 3.05) is 19.8 Å². The van der Waals surface area contributed by atoms with Gasteiger partial charge in [-0.15, -0.1) is 0 Å². The first-order chi connectivity index (χ1) is 10.1. The number of rotatable bonds is 3. The Morgan fingerprint density at radius 3 is 2.95 bits per heavy atom. The maximum atomic E-state index is 6.27. The second-order valence-electron chi connectivity index (χ2n) is 5.75. The van der Waals surface area contributed by atoms with Crippen molar-refractivity contribution in [2.45, 2.75) is 30.9 Å². The van der Waals surface area contributed by atoms with Crippen LogP contribution in [0.2, 0.25) is 10.0 Å². The molecule has 1 aromatic heterocycles. The van der Waals surface area contributed by atoms with Crippen LogP contribution in [-0.2, 0) is 9.47 Å². The summed E-state index contributed by atoms with van der Waals surface area (Å²) in [4.78, 5) is 4.36. The molecule has 2 saturated heterocycles. The maximum Gasteiger partial charge on any atom is 0.0940 e. The van der Waals surface area contributed by atoms with Crippen molar-refractivity contribution in [3.05, 3.63) is 28.0 Å². The van der Waals surface area contributed by atoms with Gasteiger partial charge in [0.15, 0.2) is 0 Å². The van der Waals surface area contributed by atoms with Crippen molar-refractivity contribution in [3.63, 3.8) is 0 Å². The molecule has 3 heterocycles. The van der Waals surface area contributed by atoms with E-state index in [1.165, 1.54) is 0 Å². The Labute approximate surface area is 134 Å². The molecule has 3 N–H and O–H groups in total. The molecule has 0 aliphatic carbocycles. The van der Waals surface area contributed by atoms with Gasteiger partial charge in [-0.05, 0) is 24.8 Å². The number of nitrogens with one attached hydrogen (secondary N) is 1. The van der Waals surface area contributed by atoms with Crippen LogP contribution in [-0.4, -0.2) is 30.4 Å². The zero-order valence-corrected chi connectivity index (χ0v) is 13.2. The Morgan fingerprint density at radius 2 is 2.29 bits per heavy atom. The lowest BCUT2D eigenvalue weighted by molar-refractivity contribution is -0.103. The predicted octanol–water partition coefficient (Wildman–Crippen LogP) is 2.48. The molecule has 7 heteroatoms. The summed E-state index contributed by atoms with van der Waals surface area (Å²) in [6, 6.07) is 1.58. The van der Waals surface area contributed by atoms with E-state index in [1.54, 1.807) is 12.3 Å². The van der Waals surface area contributed by atoms with E-state index in [9.17, 15) is 0 Å². The fourth-order valence-electron chi connectivity index (χ4n) is 3.31. The number of aromatic nitrogens is 1. The van der Waals surface area contributed by atoms with E-state index >= 15 is 0 Å². The molecule has 2 aliphatic rings. The average Bonchev–Trinajstić information content (AvgIpc) is 2.90. The molecule has 0 saturated carbocycles. The number of halogens is 2. The van der Waals surface area contributed by atoms with E-state index in [4.69, 9.17) is 38.5 Å². The lowest BCUT2D eigenvalue weighted by Gasteiger charge is -2.40. The number of nitrogens with two attached hydrogens (primary N) is 1. The van der Waals surface area contributed by atoms with Crippen LogP contribution in [0.3, 0.4) is 0 Å². The van der Waals surface area contributed by atoms with Crippen molar-refractivity contribution in [1.29, 1.82) is 0 Å². The van der Waals surface area contributed by atoms with Crippen molar-refractivity contribution < 1.29 is 9.47 Å². The third-order valence-corrected chi connectivity index (χ3v) is 4.89. The fourth-order valence-corrected chi connectivity index (χ4v) is 3.80. The van der Waals surface area contributed by atoms with Crippen molar-refractivity contribution in [1.82, 2.24) is 10.4 Å². The van der Waals surface area contributed by atoms with Gasteiger partial charge in [-0.2, -0.15) is 0 Å². The van der Waals surface area contributed by atoms with E-state index < -0.39 is 0 Å². The molecule has 0 aromatic carbocycles. The van der Waals surface area contributed by atoms with Gasteiger partial charge in [0.25, 0.3) is 0 Å². The summed E-state index contributed by atoms with van der Waals surface area (Å²) in [5.74, 6) is 6.08. The van der Waals surface area contributed by atoms with Gasteiger partial charge < -0.3 is 9.47 Å². The second-order valence-corrected chi connectivity index (χ2v) is 6.60. The van der Waals surface area contributed by atoms with Gasteiger partial charge in [-0.3, -0.25) is 16.3 Å². The Morgan fingerprint density at radius 1 is 1.43 bits per heavy atom. The zero-order valence-electron chi connectivity index (χ0n) is 11.6. The van der Waals surface area contributed by atoms with Gasteiger partial charge in [0.1, 0.15) is 0 Å². The number of hydrazine groups is 1. The summed E-state index contributed by atoms with van der Waals surface area (Å²) >= 11 is 12.2. The highest BCUT2D eigenvalue weighted by Gasteiger charge is 2.43. The highest BCUT2D eigenvalue weighted by atomic mass is 35.5. The number of ether oxygens (including phenoxy) is 2. The third kappa shape index (κ3) is 3.18. The highest BCUT2D eigenvalue weighted by molar-refractivity contribution is 6.34. The molecule has 5 nitrogen and oxygen atoms in total. The molecule has 3 rings (SSSR count). The average molecular weight is 332 g/mol. The summed E-state index contributed by atoms with van der Waals surface area (Å²) < 4.78 is 11.5. The van der Waals surface area contributed by atoms with Crippen LogP contribution in [0.15, 0.2) is 12.3 Å². The number of pyridine rings is 1. The lowest BCUT2D eigenvalue weighted by atomic mass is 9.80. The Balaban J connectivity index is 1.82. The van der Waals surface area contributed by atoms with Crippen LogP contribution in [0.4, 0.5) is 0 Å². The zero-order chi connectivity index (χ0) is 14.9. The predicted molar refractivity (Wildman–Crippen MR) is 81.2 cm³/mol. The largest absolute Gasteiger partial charge is 0.378 e. The van der Waals surface area contributed by atoms with Gasteiger partial charge >= 0.3 is 0 Å². The minimum absolute atomic E-state index is 0.115. The quantitative estimate of drug-likeness (QED) is 0.657. The van der Waals surface area contributed by atoms with Crippen LogP contribution in [0.5, 0.6) is 0 Å². The van der Waals surface area contributed by atoms with Gasteiger partial charge in [-0.25, -0.2) is 0 Å². The van der Waals surface area contributed by atoms with Crippen molar-refractivity contribution in [3.8, 4) is 0 Å².